The van der Waals surface area contributed by atoms with E-state index in [-0.39, 0.29) is 5.75 Å². The third-order valence-electron chi connectivity index (χ3n) is 3.86. The highest BCUT2D eigenvalue weighted by Crippen LogP contribution is 2.49. The van der Waals surface area contributed by atoms with E-state index < -0.39 is 17.9 Å². The van der Waals surface area contributed by atoms with Crippen LogP contribution in [-0.2, 0) is 10.4 Å². The molecule has 124 valence electrons. The fraction of sp³-hybridized carbons (Fsp3) is 0.118. The monoisotopic (exact) mass is 391 g/mol. The number of aliphatic hydroxyl groups is 1. The van der Waals surface area contributed by atoms with E-state index in [9.17, 15) is 15.0 Å². The van der Waals surface area contributed by atoms with Crippen LogP contribution in [0, 0.1) is 0 Å². The molecule has 0 saturated heterocycles. The minimum Gasteiger partial charge on any atom is -0.508 e. The molecule has 6 nitrogen and oxygen atoms in total. The summed E-state index contributed by atoms with van der Waals surface area (Å²) < 4.78 is 6.17. The molecule has 0 radical (unpaired) electrons. The lowest BCUT2D eigenvalue weighted by Crippen LogP contribution is -2.37. The highest BCUT2D eigenvalue weighted by Gasteiger charge is 2.43. The molecule has 1 aliphatic heterocycles. The third-order valence-corrected chi connectivity index (χ3v) is 4.52. The molecule has 0 saturated carbocycles. The second-order valence-corrected chi connectivity index (χ2v) is 6.24. The summed E-state index contributed by atoms with van der Waals surface area (Å²) in [4.78, 5) is 11.8. The SMILES string of the molecule is O=C(CC1(O)C(c2ccc(O)cc2)=COc2cccc(Br)c21)NO. The van der Waals surface area contributed by atoms with Gasteiger partial charge in [-0.3, -0.25) is 10.0 Å². The number of phenolic OH excluding ortho intramolecular Hbond substituents is 1. The molecule has 1 amide bonds. The average Bonchev–Trinajstić information content (AvgIpc) is 2.56. The summed E-state index contributed by atoms with van der Waals surface area (Å²) in [7, 11) is 0. The van der Waals surface area contributed by atoms with Crippen molar-refractivity contribution in [1.29, 1.82) is 0 Å². The Bertz CT molecular complexity index is 818. The van der Waals surface area contributed by atoms with Gasteiger partial charge in [0.2, 0.25) is 5.91 Å². The van der Waals surface area contributed by atoms with E-state index >= 15 is 0 Å². The Morgan fingerprint density at radius 1 is 1.21 bits per heavy atom. The van der Waals surface area contributed by atoms with E-state index in [1.165, 1.54) is 18.4 Å². The standard InChI is InChI=1S/C17H14BrNO5/c18-13-2-1-3-14-16(13)17(22,8-15(21)19-23)12(9-24-14)10-4-6-11(20)7-5-10/h1-7,9,20,22-23H,8H2,(H,19,21). The van der Waals surface area contributed by atoms with E-state index in [2.05, 4.69) is 15.9 Å². The molecular weight excluding hydrogens is 378 g/mol. The van der Waals surface area contributed by atoms with Gasteiger partial charge in [-0.15, -0.1) is 0 Å². The molecule has 1 heterocycles. The van der Waals surface area contributed by atoms with Crippen molar-refractivity contribution in [3.8, 4) is 11.5 Å². The average molecular weight is 392 g/mol. The van der Waals surface area contributed by atoms with Crippen LogP contribution in [0.15, 0.2) is 53.2 Å². The first-order chi connectivity index (χ1) is 11.5. The van der Waals surface area contributed by atoms with Gasteiger partial charge in [-0.05, 0) is 29.8 Å². The van der Waals surface area contributed by atoms with E-state index in [0.29, 0.717) is 26.9 Å². The molecule has 0 aromatic heterocycles. The molecule has 1 unspecified atom stereocenters. The van der Waals surface area contributed by atoms with Crippen molar-refractivity contribution in [3.63, 3.8) is 0 Å². The Morgan fingerprint density at radius 3 is 2.58 bits per heavy atom. The number of halogens is 1. The molecular formula is C17H14BrNO5. The van der Waals surface area contributed by atoms with Crippen LogP contribution in [-0.4, -0.2) is 21.3 Å². The minimum atomic E-state index is -1.72. The molecule has 2 aromatic rings. The van der Waals surface area contributed by atoms with Crippen LogP contribution >= 0.6 is 15.9 Å². The number of benzene rings is 2. The summed E-state index contributed by atoms with van der Waals surface area (Å²) in [5.41, 5.74) is 1.12. The Kier molecular flexibility index (Phi) is 4.31. The Balaban J connectivity index is 2.18. The number of amides is 1. The first kappa shape index (κ1) is 16.5. The van der Waals surface area contributed by atoms with Crippen LogP contribution < -0.4 is 10.2 Å². The second-order valence-electron chi connectivity index (χ2n) is 5.38. The highest BCUT2D eigenvalue weighted by molar-refractivity contribution is 9.10. The quantitative estimate of drug-likeness (QED) is 0.476. The first-order valence-corrected chi connectivity index (χ1v) is 7.86. The lowest BCUT2D eigenvalue weighted by atomic mass is 9.78. The summed E-state index contributed by atoms with van der Waals surface area (Å²) in [6.45, 7) is 0. The maximum atomic E-state index is 11.8. The highest BCUT2D eigenvalue weighted by atomic mass is 79.9. The van der Waals surface area contributed by atoms with Crippen LogP contribution in [0.2, 0.25) is 0 Å². The molecule has 0 aliphatic carbocycles. The summed E-state index contributed by atoms with van der Waals surface area (Å²) in [5, 5.41) is 29.7. The number of hydrogen-bond acceptors (Lipinski definition) is 5. The van der Waals surface area contributed by atoms with E-state index in [1.807, 2.05) is 0 Å². The predicted octanol–water partition coefficient (Wildman–Crippen LogP) is 2.67. The van der Waals surface area contributed by atoms with Gasteiger partial charge in [-0.25, -0.2) is 5.48 Å². The lowest BCUT2D eigenvalue weighted by Gasteiger charge is -2.35. The number of hydrogen-bond donors (Lipinski definition) is 4. The first-order valence-electron chi connectivity index (χ1n) is 7.06. The van der Waals surface area contributed by atoms with Gasteiger partial charge >= 0.3 is 0 Å². The van der Waals surface area contributed by atoms with E-state index in [0.717, 1.165) is 0 Å². The zero-order valence-electron chi connectivity index (χ0n) is 12.4. The van der Waals surface area contributed by atoms with Crippen molar-refractivity contribution < 1.29 is 25.0 Å². The van der Waals surface area contributed by atoms with Gasteiger partial charge in [0.1, 0.15) is 17.1 Å². The van der Waals surface area contributed by atoms with Gasteiger partial charge < -0.3 is 14.9 Å². The summed E-state index contributed by atoms with van der Waals surface area (Å²) >= 11 is 3.38. The molecule has 2 aromatic carbocycles. The number of aromatic hydroxyl groups is 1. The summed E-state index contributed by atoms with van der Waals surface area (Å²) in [6.07, 6.45) is 0.959. The van der Waals surface area contributed by atoms with Crippen LogP contribution in [0.5, 0.6) is 11.5 Å². The van der Waals surface area contributed by atoms with Crippen molar-refractivity contribution in [2.24, 2.45) is 0 Å². The minimum absolute atomic E-state index is 0.0781. The number of carbonyl (C=O) groups is 1. The zero-order chi connectivity index (χ0) is 17.3. The van der Waals surface area contributed by atoms with E-state index in [4.69, 9.17) is 9.94 Å². The van der Waals surface area contributed by atoms with Crippen molar-refractivity contribution >= 4 is 27.4 Å². The van der Waals surface area contributed by atoms with E-state index in [1.54, 1.807) is 35.8 Å². The number of ether oxygens (including phenoxy) is 1. The molecule has 0 fully saturated rings. The van der Waals surface area contributed by atoms with Gasteiger partial charge in [0.15, 0.2) is 0 Å². The van der Waals surface area contributed by atoms with Crippen LogP contribution in [0.3, 0.4) is 0 Å². The van der Waals surface area contributed by atoms with Gasteiger partial charge in [-0.2, -0.15) is 0 Å². The lowest BCUT2D eigenvalue weighted by molar-refractivity contribution is -0.133. The molecule has 0 bridgehead atoms. The van der Waals surface area contributed by atoms with Crippen LogP contribution in [0.1, 0.15) is 17.5 Å². The maximum Gasteiger partial charge on any atom is 0.246 e. The molecule has 4 N–H and O–H groups in total. The topological polar surface area (TPSA) is 99.0 Å². The molecule has 24 heavy (non-hydrogen) atoms. The van der Waals surface area contributed by atoms with Gasteiger partial charge in [0, 0.05) is 15.6 Å². The third kappa shape index (κ3) is 2.77. The number of fused-ring (bicyclic) bond motifs is 1. The Morgan fingerprint density at radius 2 is 1.92 bits per heavy atom. The van der Waals surface area contributed by atoms with Gasteiger partial charge in [0.05, 0.1) is 12.7 Å². The Hall–Kier alpha value is -2.35. The summed E-state index contributed by atoms with van der Waals surface area (Å²) in [5.74, 6) is -0.264. The smallest absolute Gasteiger partial charge is 0.246 e. The number of phenols is 1. The summed E-state index contributed by atoms with van der Waals surface area (Å²) in [6, 6.07) is 11.3. The fourth-order valence-corrected chi connectivity index (χ4v) is 3.44. The predicted molar refractivity (Wildman–Crippen MR) is 89.3 cm³/mol. The molecule has 0 spiro atoms. The van der Waals surface area contributed by atoms with Crippen LogP contribution in [0.4, 0.5) is 0 Å². The van der Waals surface area contributed by atoms with Crippen molar-refractivity contribution in [3.05, 3.63) is 64.3 Å². The number of carbonyl (C=O) groups excluding carboxylic acids is 1. The number of hydroxylamine groups is 1. The second kappa shape index (κ2) is 6.27. The van der Waals surface area contributed by atoms with Crippen LogP contribution in [0.25, 0.3) is 5.57 Å². The molecule has 3 rings (SSSR count). The number of rotatable bonds is 3. The largest absolute Gasteiger partial charge is 0.508 e. The molecule has 7 heteroatoms. The van der Waals surface area contributed by atoms with Crippen molar-refractivity contribution in [2.75, 3.05) is 0 Å². The van der Waals surface area contributed by atoms with Gasteiger partial charge in [-0.1, -0.05) is 34.1 Å². The molecule has 1 aliphatic rings. The van der Waals surface area contributed by atoms with Crippen molar-refractivity contribution in [2.45, 2.75) is 12.0 Å². The molecule has 1 atom stereocenters. The van der Waals surface area contributed by atoms with Gasteiger partial charge in [0.25, 0.3) is 0 Å². The van der Waals surface area contributed by atoms with Crippen molar-refractivity contribution in [1.82, 2.24) is 5.48 Å². The number of nitrogens with one attached hydrogen (secondary N) is 1. The maximum absolute atomic E-state index is 11.8. The Labute approximate surface area is 146 Å². The zero-order valence-corrected chi connectivity index (χ0v) is 13.9. The fourth-order valence-electron chi connectivity index (χ4n) is 2.76. The normalized spacial score (nSPS) is 19.0.